The Morgan fingerprint density at radius 1 is 1.69 bits per heavy atom. The largest absolute Gasteiger partial charge is 0.323 e. The Labute approximate surface area is 107 Å². The Morgan fingerprint density at radius 2 is 2.50 bits per heavy atom. The molecule has 86 valence electrons. The average Bonchev–Trinajstić information content (AvgIpc) is 2.75. The fourth-order valence-electron chi connectivity index (χ4n) is 1.45. The molecule has 1 unspecified atom stereocenters. The summed E-state index contributed by atoms with van der Waals surface area (Å²) >= 11 is 5.02. The zero-order valence-corrected chi connectivity index (χ0v) is 11.2. The van der Waals surface area contributed by atoms with E-state index in [1.54, 1.807) is 11.8 Å². The normalized spacial score (nSPS) is 19.8. The molecule has 0 radical (unpaired) electrons. The van der Waals surface area contributed by atoms with Gasteiger partial charge in [0.2, 0.25) is 5.91 Å². The van der Waals surface area contributed by atoms with Crippen molar-refractivity contribution in [2.24, 2.45) is 0 Å². The minimum Gasteiger partial charge on any atom is -0.323 e. The minimum atomic E-state index is -0.0898. The molecule has 4 nitrogen and oxygen atoms in total. The molecule has 1 fully saturated rings. The Bertz CT molecular complexity index is 407. The van der Waals surface area contributed by atoms with Crippen LogP contribution in [0.4, 0.5) is 5.69 Å². The van der Waals surface area contributed by atoms with Gasteiger partial charge in [-0.3, -0.25) is 10.1 Å². The summed E-state index contributed by atoms with van der Waals surface area (Å²) in [5.74, 6) is 1.68. The zero-order valence-electron chi connectivity index (χ0n) is 8.79. The Hall–Kier alpha value is -0.590. The van der Waals surface area contributed by atoms with Gasteiger partial charge in [0.25, 0.3) is 0 Å². The first-order valence-corrected chi connectivity index (χ1v) is 6.87. The number of carbonyl (C=O) groups excluding carboxylic acids is 1. The molecule has 0 bridgehead atoms. The van der Waals surface area contributed by atoms with Crippen LogP contribution in [0.1, 0.15) is 5.69 Å². The van der Waals surface area contributed by atoms with Gasteiger partial charge in [0.05, 0.1) is 17.4 Å². The van der Waals surface area contributed by atoms with Crippen molar-refractivity contribution in [2.75, 3.05) is 16.9 Å². The number of amides is 1. The SMILES string of the molecule is Cc1nc(Br)ccc1NC(=O)C1CSCN1. The lowest BCUT2D eigenvalue weighted by molar-refractivity contribution is -0.117. The first-order valence-electron chi connectivity index (χ1n) is 4.92. The molecule has 1 aliphatic heterocycles. The van der Waals surface area contributed by atoms with E-state index < -0.39 is 0 Å². The van der Waals surface area contributed by atoms with Gasteiger partial charge >= 0.3 is 0 Å². The van der Waals surface area contributed by atoms with E-state index in [9.17, 15) is 4.79 Å². The van der Waals surface area contributed by atoms with Gasteiger partial charge in [0.15, 0.2) is 0 Å². The molecule has 1 aliphatic rings. The number of halogens is 1. The molecule has 1 saturated heterocycles. The van der Waals surface area contributed by atoms with Crippen LogP contribution in [-0.4, -0.2) is 28.6 Å². The molecule has 1 atom stereocenters. The highest BCUT2D eigenvalue weighted by Crippen LogP contribution is 2.17. The number of carbonyl (C=O) groups is 1. The third-order valence-corrected chi connectivity index (χ3v) is 3.72. The lowest BCUT2D eigenvalue weighted by Gasteiger charge is -2.11. The van der Waals surface area contributed by atoms with Crippen LogP contribution in [0.15, 0.2) is 16.7 Å². The second-order valence-corrected chi connectivity index (χ2v) is 5.37. The quantitative estimate of drug-likeness (QED) is 0.817. The van der Waals surface area contributed by atoms with Crippen molar-refractivity contribution in [3.05, 3.63) is 22.4 Å². The predicted molar refractivity (Wildman–Crippen MR) is 69.6 cm³/mol. The fraction of sp³-hybridized carbons (Fsp3) is 0.400. The van der Waals surface area contributed by atoms with Crippen LogP contribution in [0.5, 0.6) is 0 Å². The molecule has 1 amide bonds. The maximum Gasteiger partial charge on any atom is 0.242 e. The van der Waals surface area contributed by atoms with E-state index in [1.807, 2.05) is 19.1 Å². The molecule has 0 aliphatic carbocycles. The van der Waals surface area contributed by atoms with E-state index in [0.29, 0.717) is 0 Å². The smallest absolute Gasteiger partial charge is 0.242 e. The number of thioether (sulfide) groups is 1. The van der Waals surface area contributed by atoms with Crippen LogP contribution in [-0.2, 0) is 4.79 Å². The van der Waals surface area contributed by atoms with Crippen molar-refractivity contribution in [1.82, 2.24) is 10.3 Å². The Balaban J connectivity index is 2.05. The van der Waals surface area contributed by atoms with E-state index in [-0.39, 0.29) is 11.9 Å². The molecule has 0 spiro atoms. The Kier molecular flexibility index (Phi) is 3.83. The van der Waals surface area contributed by atoms with Crippen molar-refractivity contribution in [3.63, 3.8) is 0 Å². The predicted octanol–water partition coefficient (Wildman–Crippen LogP) is 1.75. The molecule has 1 aromatic rings. The summed E-state index contributed by atoms with van der Waals surface area (Å²) in [6.07, 6.45) is 0. The fourth-order valence-corrected chi connectivity index (χ4v) is 2.79. The summed E-state index contributed by atoms with van der Waals surface area (Å²) in [5.41, 5.74) is 1.58. The lowest BCUT2D eigenvalue weighted by Crippen LogP contribution is -2.37. The monoisotopic (exact) mass is 301 g/mol. The number of nitrogens with zero attached hydrogens (tertiary/aromatic N) is 1. The standard InChI is InChI=1S/C10H12BrN3OS/c1-6-7(2-3-9(11)13-6)14-10(15)8-4-16-5-12-8/h2-3,8,12H,4-5H2,1H3,(H,14,15). The van der Waals surface area contributed by atoms with Crippen LogP contribution < -0.4 is 10.6 Å². The van der Waals surface area contributed by atoms with E-state index in [0.717, 1.165) is 27.6 Å². The van der Waals surface area contributed by atoms with Gasteiger partial charge < -0.3 is 5.32 Å². The van der Waals surface area contributed by atoms with Crippen molar-refractivity contribution < 1.29 is 4.79 Å². The summed E-state index contributed by atoms with van der Waals surface area (Å²) in [6, 6.07) is 3.58. The number of hydrogen-bond acceptors (Lipinski definition) is 4. The van der Waals surface area contributed by atoms with Crippen LogP contribution in [0.25, 0.3) is 0 Å². The highest BCUT2D eigenvalue weighted by molar-refractivity contribution is 9.10. The van der Waals surface area contributed by atoms with Gasteiger partial charge in [-0.15, -0.1) is 11.8 Å². The van der Waals surface area contributed by atoms with E-state index in [1.165, 1.54) is 0 Å². The first kappa shape index (κ1) is 11.9. The van der Waals surface area contributed by atoms with Crippen molar-refractivity contribution in [1.29, 1.82) is 0 Å². The number of rotatable bonds is 2. The van der Waals surface area contributed by atoms with Gasteiger partial charge in [-0.05, 0) is 35.0 Å². The van der Waals surface area contributed by atoms with Crippen molar-refractivity contribution in [2.45, 2.75) is 13.0 Å². The number of pyridine rings is 1. The van der Waals surface area contributed by atoms with E-state index in [4.69, 9.17) is 0 Å². The summed E-state index contributed by atoms with van der Waals surface area (Å²) in [7, 11) is 0. The van der Waals surface area contributed by atoms with Crippen LogP contribution in [0.2, 0.25) is 0 Å². The molecule has 2 heterocycles. The van der Waals surface area contributed by atoms with Gasteiger partial charge in [0, 0.05) is 11.6 Å². The maximum atomic E-state index is 11.8. The summed E-state index contributed by atoms with van der Waals surface area (Å²) in [5, 5.41) is 6.01. The summed E-state index contributed by atoms with van der Waals surface area (Å²) in [4.78, 5) is 16.1. The summed E-state index contributed by atoms with van der Waals surface area (Å²) in [6.45, 7) is 1.87. The topological polar surface area (TPSA) is 54.0 Å². The van der Waals surface area contributed by atoms with Crippen LogP contribution in [0, 0.1) is 6.92 Å². The molecule has 6 heteroatoms. The molecular formula is C10H12BrN3OS. The molecule has 1 aromatic heterocycles. The molecule has 0 saturated carbocycles. The van der Waals surface area contributed by atoms with Gasteiger partial charge in [-0.1, -0.05) is 0 Å². The second-order valence-electron chi connectivity index (χ2n) is 3.53. The number of aryl methyl sites for hydroxylation is 1. The minimum absolute atomic E-state index is 0.0113. The molecule has 0 aromatic carbocycles. The highest BCUT2D eigenvalue weighted by Gasteiger charge is 2.22. The lowest BCUT2D eigenvalue weighted by atomic mass is 10.2. The summed E-state index contributed by atoms with van der Waals surface area (Å²) < 4.78 is 0.776. The van der Waals surface area contributed by atoms with Crippen LogP contribution in [0.3, 0.4) is 0 Å². The average molecular weight is 302 g/mol. The number of anilines is 1. The third kappa shape index (κ3) is 2.75. The number of nitrogens with one attached hydrogen (secondary N) is 2. The highest BCUT2D eigenvalue weighted by atomic mass is 79.9. The molecule has 16 heavy (non-hydrogen) atoms. The van der Waals surface area contributed by atoms with Crippen molar-refractivity contribution >= 4 is 39.3 Å². The maximum absolute atomic E-state index is 11.8. The second kappa shape index (κ2) is 5.16. The van der Waals surface area contributed by atoms with Gasteiger partial charge in [-0.25, -0.2) is 4.98 Å². The number of hydrogen-bond donors (Lipinski definition) is 2. The number of aromatic nitrogens is 1. The van der Waals surface area contributed by atoms with Gasteiger partial charge in [-0.2, -0.15) is 0 Å². The van der Waals surface area contributed by atoms with E-state index in [2.05, 4.69) is 31.5 Å². The third-order valence-electron chi connectivity index (χ3n) is 2.34. The van der Waals surface area contributed by atoms with Crippen LogP contribution >= 0.6 is 27.7 Å². The first-order chi connectivity index (χ1) is 7.66. The van der Waals surface area contributed by atoms with Crippen molar-refractivity contribution in [3.8, 4) is 0 Å². The molecular weight excluding hydrogens is 290 g/mol. The van der Waals surface area contributed by atoms with Gasteiger partial charge in [0.1, 0.15) is 4.60 Å². The molecule has 2 rings (SSSR count). The molecule has 2 N–H and O–H groups in total. The Morgan fingerprint density at radius 3 is 3.12 bits per heavy atom. The van der Waals surface area contributed by atoms with E-state index >= 15 is 0 Å². The zero-order chi connectivity index (χ0) is 11.5.